The summed E-state index contributed by atoms with van der Waals surface area (Å²) in [5.74, 6) is -2.01. The minimum absolute atomic E-state index is 0.0957. The molecule has 2 N–H and O–H groups in total. The predicted octanol–water partition coefficient (Wildman–Crippen LogP) is 2.48. The van der Waals surface area contributed by atoms with Gasteiger partial charge in [-0.3, -0.25) is 34.1 Å². The second kappa shape index (κ2) is 9.74. The molecule has 3 fully saturated rings. The largest absolute Gasteiger partial charge is 0.380 e. The van der Waals surface area contributed by atoms with Crippen molar-refractivity contribution in [2.24, 2.45) is 0 Å². The number of benzene rings is 1. The molecule has 37 heavy (non-hydrogen) atoms. The number of imide groups is 2. The maximum absolute atomic E-state index is 13.3. The zero-order valence-electron chi connectivity index (χ0n) is 20.8. The number of rotatable bonds is 6. The summed E-state index contributed by atoms with van der Waals surface area (Å²) in [4.78, 5) is 53.8. The van der Waals surface area contributed by atoms with Crippen LogP contribution in [0.5, 0.6) is 0 Å². The Morgan fingerprint density at radius 3 is 2.49 bits per heavy atom. The van der Waals surface area contributed by atoms with E-state index in [-0.39, 0.29) is 29.9 Å². The summed E-state index contributed by atoms with van der Waals surface area (Å²) < 4.78 is 2.07. The number of hydrogen-bond donors (Lipinski definition) is 2. The molecule has 4 aliphatic rings. The normalized spacial score (nSPS) is 23.6. The third-order valence-electron chi connectivity index (χ3n) is 8.32. The van der Waals surface area contributed by atoms with Gasteiger partial charge in [0.1, 0.15) is 6.04 Å². The van der Waals surface area contributed by atoms with Crippen LogP contribution in [0.1, 0.15) is 83.7 Å². The van der Waals surface area contributed by atoms with Gasteiger partial charge in [0.2, 0.25) is 11.8 Å². The van der Waals surface area contributed by atoms with E-state index in [0.29, 0.717) is 18.3 Å². The van der Waals surface area contributed by atoms with E-state index in [4.69, 9.17) is 0 Å². The Morgan fingerprint density at radius 1 is 0.946 bits per heavy atom. The van der Waals surface area contributed by atoms with E-state index < -0.39 is 23.8 Å². The molecule has 0 bridgehead atoms. The lowest BCUT2D eigenvalue weighted by Gasteiger charge is -2.36. The van der Waals surface area contributed by atoms with E-state index in [0.717, 1.165) is 42.4 Å². The molecule has 194 valence electrons. The molecular weight excluding hydrogens is 472 g/mol. The standard InChI is InChI=1S/C27H32N6O4/c34-23-9-8-22(25(35)30-23)33-26(36)20-6-3-7-21(24(20)27(33)37)28-14-17-15-29-32(16-17)19-10-12-31(13-11-19)18-4-1-2-5-18/h3,6-7,15-16,18-19,22,28H,1-2,4-5,8-14H2,(H,30,34,35). The van der Waals surface area contributed by atoms with E-state index in [1.807, 2.05) is 6.20 Å². The zero-order valence-corrected chi connectivity index (χ0v) is 20.8. The van der Waals surface area contributed by atoms with E-state index in [1.54, 1.807) is 18.2 Å². The summed E-state index contributed by atoms with van der Waals surface area (Å²) in [6.45, 7) is 2.70. The van der Waals surface area contributed by atoms with Crippen LogP contribution in [0, 0.1) is 0 Å². The highest BCUT2D eigenvalue weighted by atomic mass is 16.2. The molecule has 0 spiro atoms. The molecule has 2 saturated heterocycles. The first-order chi connectivity index (χ1) is 18.0. The highest BCUT2D eigenvalue weighted by Gasteiger charge is 2.45. The molecule has 1 aromatic carbocycles. The number of carbonyl (C=O) groups excluding carboxylic acids is 4. The van der Waals surface area contributed by atoms with E-state index >= 15 is 0 Å². The molecule has 2 aromatic rings. The summed E-state index contributed by atoms with van der Waals surface area (Å²) in [5.41, 5.74) is 2.08. The number of carbonyl (C=O) groups is 4. The van der Waals surface area contributed by atoms with Crippen LogP contribution in [0.15, 0.2) is 30.6 Å². The quantitative estimate of drug-likeness (QED) is 0.581. The first kappa shape index (κ1) is 23.8. The first-order valence-corrected chi connectivity index (χ1v) is 13.3. The summed E-state index contributed by atoms with van der Waals surface area (Å²) in [6.07, 6.45) is 11.7. The molecule has 10 nitrogen and oxygen atoms in total. The van der Waals surface area contributed by atoms with Crippen LogP contribution in [-0.2, 0) is 16.1 Å². The average Bonchev–Trinajstić information content (AvgIpc) is 3.65. The first-order valence-electron chi connectivity index (χ1n) is 13.3. The van der Waals surface area contributed by atoms with Crippen molar-refractivity contribution in [2.45, 2.75) is 76.0 Å². The SMILES string of the molecule is O=C1CCC(N2C(=O)c3cccc(NCc4cnn(C5CCN(C6CCCC6)CC5)c4)c3C2=O)C(=O)N1. The number of amides is 4. The van der Waals surface area contributed by atoms with Crippen molar-refractivity contribution in [3.05, 3.63) is 47.3 Å². The number of nitrogens with zero attached hydrogens (tertiary/aromatic N) is 4. The van der Waals surface area contributed by atoms with Crippen molar-refractivity contribution in [1.29, 1.82) is 0 Å². The van der Waals surface area contributed by atoms with Gasteiger partial charge < -0.3 is 10.2 Å². The van der Waals surface area contributed by atoms with Crippen LogP contribution in [0.3, 0.4) is 0 Å². The van der Waals surface area contributed by atoms with Gasteiger partial charge in [-0.2, -0.15) is 5.10 Å². The minimum Gasteiger partial charge on any atom is -0.380 e. The molecule has 1 saturated carbocycles. The van der Waals surface area contributed by atoms with Crippen molar-refractivity contribution in [3.63, 3.8) is 0 Å². The van der Waals surface area contributed by atoms with Gasteiger partial charge in [0.25, 0.3) is 11.8 Å². The number of fused-ring (bicyclic) bond motifs is 1. The van der Waals surface area contributed by atoms with Gasteiger partial charge in [0.15, 0.2) is 0 Å². The van der Waals surface area contributed by atoms with Gasteiger partial charge in [-0.05, 0) is 44.2 Å². The van der Waals surface area contributed by atoms with Crippen LogP contribution in [-0.4, -0.2) is 68.4 Å². The lowest BCUT2D eigenvalue weighted by molar-refractivity contribution is -0.136. The Kier molecular flexibility index (Phi) is 6.27. The Morgan fingerprint density at radius 2 is 1.73 bits per heavy atom. The van der Waals surface area contributed by atoms with Crippen molar-refractivity contribution in [2.75, 3.05) is 18.4 Å². The lowest BCUT2D eigenvalue weighted by atomic mass is 10.0. The Balaban J connectivity index is 1.11. The summed E-state index contributed by atoms with van der Waals surface area (Å²) in [7, 11) is 0. The molecule has 3 aliphatic heterocycles. The molecule has 6 rings (SSSR count). The number of anilines is 1. The Hall–Kier alpha value is -3.53. The highest BCUT2D eigenvalue weighted by Crippen LogP contribution is 2.33. The number of nitrogens with one attached hydrogen (secondary N) is 2. The second-order valence-corrected chi connectivity index (χ2v) is 10.6. The van der Waals surface area contributed by atoms with Crippen molar-refractivity contribution in [1.82, 2.24) is 24.9 Å². The van der Waals surface area contributed by atoms with Crippen LogP contribution in [0.25, 0.3) is 0 Å². The number of likely N-dealkylation sites (tertiary alicyclic amines) is 1. The van der Waals surface area contributed by atoms with Crippen LogP contribution in [0.2, 0.25) is 0 Å². The van der Waals surface area contributed by atoms with Crippen LogP contribution in [0.4, 0.5) is 5.69 Å². The third kappa shape index (κ3) is 4.43. The number of aromatic nitrogens is 2. The zero-order chi connectivity index (χ0) is 25.5. The van der Waals surface area contributed by atoms with Gasteiger partial charge in [-0.15, -0.1) is 0 Å². The van der Waals surface area contributed by atoms with Gasteiger partial charge >= 0.3 is 0 Å². The fourth-order valence-corrected chi connectivity index (χ4v) is 6.31. The summed E-state index contributed by atoms with van der Waals surface area (Å²) >= 11 is 0. The number of piperidine rings is 2. The van der Waals surface area contributed by atoms with E-state index in [2.05, 4.69) is 31.5 Å². The molecule has 10 heteroatoms. The molecule has 4 amide bonds. The summed E-state index contributed by atoms with van der Waals surface area (Å²) in [5, 5.41) is 10.1. The van der Waals surface area contributed by atoms with Gasteiger partial charge in [-0.1, -0.05) is 18.9 Å². The monoisotopic (exact) mass is 504 g/mol. The van der Waals surface area contributed by atoms with Crippen LogP contribution < -0.4 is 10.6 Å². The third-order valence-corrected chi connectivity index (χ3v) is 8.32. The van der Waals surface area contributed by atoms with Gasteiger partial charge in [0.05, 0.1) is 23.4 Å². The molecule has 1 aromatic heterocycles. The average molecular weight is 505 g/mol. The maximum Gasteiger partial charge on any atom is 0.264 e. The highest BCUT2D eigenvalue weighted by molar-refractivity contribution is 6.25. The number of hydrogen-bond acceptors (Lipinski definition) is 7. The fraction of sp³-hybridized carbons (Fsp3) is 0.519. The van der Waals surface area contributed by atoms with E-state index in [9.17, 15) is 19.2 Å². The van der Waals surface area contributed by atoms with Gasteiger partial charge in [-0.25, -0.2) is 0 Å². The summed E-state index contributed by atoms with van der Waals surface area (Å²) in [6, 6.07) is 5.28. The molecule has 1 unspecified atom stereocenters. The van der Waals surface area contributed by atoms with Crippen LogP contribution >= 0.6 is 0 Å². The van der Waals surface area contributed by atoms with Crippen molar-refractivity contribution in [3.8, 4) is 0 Å². The molecule has 0 radical (unpaired) electrons. The fourth-order valence-electron chi connectivity index (χ4n) is 6.31. The van der Waals surface area contributed by atoms with Gasteiger partial charge in [0, 0.05) is 49.5 Å². The second-order valence-electron chi connectivity index (χ2n) is 10.6. The van der Waals surface area contributed by atoms with Crippen molar-refractivity contribution < 1.29 is 19.2 Å². The molecule has 4 heterocycles. The maximum atomic E-state index is 13.3. The minimum atomic E-state index is -0.976. The Labute approximate surface area is 215 Å². The molecule has 1 aliphatic carbocycles. The predicted molar refractivity (Wildman–Crippen MR) is 135 cm³/mol. The topological polar surface area (TPSA) is 117 Å². The Bertz CT molecular complexity index is 1240. The lowest BCUT2D eigenvalue weighted by Crippen LogP contribution is -2.54. The smallest absolute Gasteiger partial charge is 0.264 e. The molecular formula is C27H32N6O4. The molecule has 1 atom stereocenters. The van der Waals surface area contributed by atoms with Crippen molar-refractivity contribution >= 4 is 29.3 Å². The van der Waals surface area contributed by atoms with E-state index in [1.165, 1.54) is 25.7 Å².